The van der Waals surface area contributed by atoms with E-state index in [1.807, 2.05) is 12.1 Å². The lowest BCUT2D eigenvalue weighted by molar-refractivity contribution is -0.147. The van der Waals surface area contributed by atoms with E-state index in [1.165, 1.54) is 11.3 Å². The van der Waals surface area contributed by atoms with Gasteiger partial charge in [-0.1, -0.05) is 0 Å². The SMILES string of the molecule is CC1(c2sc(Br)c(C#N)c2C#N)OCCO1. The molecular weight excluding hydrogens is 292 g/mol. The van der Waals surface area contributed by atoms with Gasteiger partial charge in [-0.15, -0.1) is 11.3 Å². The Morgan fingerprint density at radius 3 is 2.31 bits per heavy atom. The third-order valence-corrected chi connectivity index (χ3v) is 4.38. The predicted molar refractivity (Wildman–Crippen MR) is 60.7 cm³/mol. The molecule has 0 amide bonds. The summed E-state index contributed by atoms with van der Waals surface area (Å²) in [5.74, 6) is -0.895. The third-order valence-electron chi connectivity index (χ3n) is 2.34. The summed E-state index contributed by atoms with van der Waals surface area (Å²) >= 11 is 4.58. The fraction of sp³-hybridized carbons (Fsp3) is 0.400. The Balaban J connectivity index is 2.59. The van der Waals surface area contributed by atoms with E-state index in [0.717, 1.165) is 0 Å². The van der Waals surface area contributed by atoms with Gasteiger partial charge in [0, 0.05) is 0 Å². The Bertz CT molecular complexity index is 506. The van der Waals surface area contributed by atoms with Crippen molar-refractivity contribution in [3.63, 3.8) is 0 Å². The molecule has 4 nitrogen and oxygen atoms in total. The van der Waals surface area contributed by atoms with Gasteiger partial charge in [0.25, 0.3) is 0 Å². The highest BCUT2D eigenvalue weighted by Crippen LogP contribution is 2.42. The molecule has 0 atom stereocenters. The molecule has 1 aliphatic heterocycles. The molecule has 6 heteroatoms. The number of thiophene rings is 1. The summed E-state index contributed by atoms with van der Waals surface area (Å²) in [7, 11) is 0. The Morgan fingerprint density at radius 1 is 1.25 bits per heavy atom. The monoisotopic (exact) mass is 298 g/mol. The van der Waals surface area contributed by atoms with Crippen LogP contribution >= 0.6 is 27.3 Å². The van der Waals surface area contributed by atoms with Crippen LogP contribution in [0.5, 0.6) is 0 Å². The lowest BCUT2D eigenvalue weighted by atomic mass is 10.1. The van der Waals surface area contributed by atoms with Crippen LogP contribution in [-0.4, -0.2) is 13.2 Å². The van der Waals surface area contributed by atoms with Gasteiger partial charge >= 0.3 is 0 Å². The van der Waals surface area contributed by atoms with Crippen LogP contribution in [0, 0.1) is 22.7 Å². The van der Waals surface area contributed by atoms with Gasteiger partial charge in [0.1, 0.15) is 12.1 Å². The lowest BCUT2D eigenvalue weighted by Gasteiger charge is -2.20. The average molecular weight is 299 g/mol. The normalized spacial score (nSPS) is 18.0. The maximum atomic E-state index is 9.09. The van der Waals surface area contributed by atoms with E-state index in [0.29, 0.717) is 33.0 Å². The quantitative estimate of drug-likeness (QED) is 0.799. The van der Waals surface area contributed by atoms with Crippen LogP contribution in [0.1, 0.15) is 22.9 Å². The van der Waals surface area contributed by atoms with Crippen molar-refractivity contribution in [3.8, 4) is 12.1 Å². The molecule has 1 aromatic rings. The van der Waals surface area contributed by atoms with E-state index in [2.05, 4.69) is 15.9 Å². The summed E-state index contributed by atoms with van der Waals surface area (Å²) in [6, 6.07) is 4.04. The van der Waals surface area contributed by atoms with E-state index in [9.17, 15) is 0 Å². The van der Waals surface area contributed by atoms with E-state index in [4.69, 9.17) is 20.0 Å². The molecular formula is C10H7BrN2O2S. The van der Waals surface area contributed by atoms with Crippen LogP contribution < -0.4 is 0 Å². The minimum Gasteiger partial charge on any atom is -0.343 e. The molecule has 0 N–H and O–H groups in total. The van der Waals surface area contributed by atoms with Crippen molar-refractivity contribution in [2.24, 2.45) is 0 Å². The topological polar surface area (TPSA) is 66.0 Å². The van der Waals surface area contributed by atoms with E-state index < -0.39 is 5.79 Å². The highest BCUT2D eigenvalue weighted by atomic mass is 79.9. The van der Waals surface area contributed by atoms with Crippen LogP contribution in [0.15, 0.2) is 3.79 Å². The fourth-order valence-electron chi connectivity index (χ4n) is 1.58. The van der Waals surface area contributed by atoms with E-state index in [1.54, 1.807) is 6.92 Å². The van der Waals surface area contributed by atoms with Crippen molar-refractivity contribution < 1.29 is 9.47 Å². The molecule has 1 aliphatic rings. The number of hydrogen-bond donors (Lipinski definition) is 0. The summed E-state index contributed by atoms with van der Waals surface area (Å²) in [6.45, 7) is 2.76. The molecule has 1 saturated heterocycles. The van der Waals surface area contributed by atoms with Gasteiger partial charge in [-0.05, 0) is 22.9 Å². The molecule has 0 aliphatic carbocycles. The zero-order chi connectivity index (χ0) is 11.8. The standard InChI is InChI=1S/C10H7BrN2O2S/c1-10(14-2-3-15-10)8-6(4-12)7(5-13)9(11)16-8/h2-3H2,1H3. The van der Waals surface area contributed by atoms with Gasteiger partial charge in [0.15, 0.2) is 0 Å². The molecule has 2 heterocycles. The van der Waals surface area contributed by atoms with Gasteiger partial charge in [-0.25, -0.2) is 0 Å². The Labute approximate surface area is 105 Å². The first-order valence-electron chi connectivity index (χ1n) is 4.53. The van der Waals surface area contributed by atoms with E-state index >= 15 is 0 Å². The largest absolute Gasteiger partial charge is 0.343 e. The molecule has 16 heavy (non-hydrogen) atoms. The van der Waals surface area contributed by atoms with E-state index in [-0.39, 0.29) is 0 Å². The van der Waals surface area contributed by atoms with Crippen molar-refractivity contribution >= 4 is 27.3 Å². The molecule has 1 fully saturated rings. The molecule has 0 aromatic carbocycles. The Morgan fingerprint density at radius 2 is 1.81 bits per heavy atom. The molecule has 0 saturated carbocycles. The van der Waals surface area contributed by atoms with Crippen molar-refractivity contribution in [3.05, 3.63) is 19.8 Å². The first kappa shape index (κ1) is 11.6. The molecule has 0 radical (unpaired) electrons. The van der Waals surface area contributed by atoms with Crippen molar-refractivity contribution in [1.29, 1.82) is 10.5 Å². The van der Waals surface area contributed by atoms with Gasteiger partial charge in [0.05, 0.1) is 33.0 Å². The highest BCUT2D eigenvalue weighted by molar-refractivity contribution is 9.11. The average Bonchev–Trinajstić information content (AvgIpc) is 2.83. The third kappa shape index (κ3) is 1.64. The Kier molecular flexibility index (Phi) is 3.00. The highest BCUT2D eigenvalue weighted by Gasteiger charge is 2.38. The molecule has 0 unspecified atom stereocenters. The van der Waals surface area contributed by atoms with Gasteiger partial charge < -0.3 is 9.47 Å². The zero-order valence-corrected chi connectivity index (χ0v) is 10.8. The van der Waals surface area contributed by atoms with Crippen LogP contribution in [0.25, 0.3) is 0 Å². The Hall–Kier alpha value is -0.920. The van der Waals surface area contributed by atoms with Crippen LogP contribution in [0.4, 0.5) is 0 Å². The smallest absolute Gasteiger partial charge is 0.202 e. The van der Waals surface area contributed by atoms with Gasteiger partial charge in [-0.3, -0.25) is 0 Å². The number of hydrogen-bond acceptors (Lipinski definition) is 5. The fourth-order valence-corrected chi connectivity index (χ4v) is 3.33. The minimum absolute atomic E-state index is 0.337. The summed E-state index contributed by atoms with van der Waals surface area (Å²) < 4.78 is 11.6. The number of rotatable bonds is 1. The molecule has 2 rings (SSSR count). The summed E-state index contributed by atoms with van der Waals surface area (Å²) in [4.78, 5) is 0.649. The van der Waals surface area contributed by atoms with Gasteiger partial charge in [-0.2, -0.15) is 10.5 Å². The molecule has 82 valence electrons. The second-order valence-corrected chi connectivity index (χ2v) is 5.66. The molecule has 0 spiro atoms. The predicted octanol–water partition coefficient (Wildman–Crippen LogP) is 2.47. The van der Waals surface area contributed by atoms with Crippen molar-refractivity contribution in [2.45, 2.75) is 12.7 Å². The second-order valence-electron chi connectivity index (χ2n) is 3.32. The number of ether oxygens (including phenoxy) is 2. The van der Waals surface area contributed by atoms with Gasteiger partial charge in [0.2, 0.25) is 5.79 Å². The summed E-state index contributed by atoms with van der Waals surface area (Å²) in [6.07, 6.45) is 0. The maximum absolute atomic E-state index is 9.09. The number of nitrogens with zero attached hydrogens (tertiary/aromatic N) is 2. The summed E-state index contributed by atoms with van der Waals surface area (Å²) in [5, 5.41) is 18.1. The molecule has 1 aromatic heterocycles. The van der Waals surface area contributed by atoms with Crippen LogP contribution in [0.3, 0.4) is 0 Å². The minimum atomic E-state index is -0.895. The van der Waals surface area contributed by atoms with Crippen LogP contribution in [0.2, 0.25) is 0 Å². The molecule has 0 bridgehead atoms. The lowest BCUT2D eigenvalue weighted by Crippen LogP contribution is -2.22. The van der Waals surface area contributed by atoms with Crippen molar-refractivity contribution in [2.75, 3.05) is 13.2 Å². The zero-order valence-electron chi connectivity index (χ0n) is 8.41. The summed E-state index contributed by atoms with van der Waals surface area (Å²) in [5.41, 5.74) is 0.687. The van der Waals surface area contributed by atoms with Crippen LogP contribution in [-0.2, 0) is 15.3 Å². The second kappa shape index (κ2) is 4.15. The van der Waals surface area contributed by atoms with Crippen molar-refractivity contribution in [1.82, 2.24) is 0 Å². The first-order valence-corrected chi connectivity index (χ1v) is 6.14. The number of nitriles is 2. The number of halogens is 1. The first-order chi connectivity index (χ1) is 7.62. The maximum Gasteiger partial charge on any atom is 0.202 e.